The number of fused-ring (bicyclic) bond motifs is 1. The minimum absolute atomic E-state index is 0.784. The number of benzene rings is 1. The zero-order valence-corrected chi connectivity index (χ0v) is 11.2. The number of hydrogen-bond donors (Lipinski definition) is 0. The van der Waals surface area contributed by atoms with Gasteiger partial charge in [0.15, 0.2) is 0 Å². The summed E-state index contributed by atoms with van der Waals surface area (Å²) in [4.78, 5) is 4.80. The van der Waals surface area contributed by atoms with Crippen LogP contribution in [0.4, 0.5) is 0 Å². The largest absolute Gasteiger partial charge is 0.335 e. The molecule has 0 saturated heterocycles. The normalized spacial score (nSPS) is 18.7. The Labute approximate surface area is 109 Å². The Bertz CT molecular complexity index is 554. The summed E-state index contributed by atoms with van der Waals surface area (Å²) in [6, 6.07) is 8.59. The van der Waals surface area contributed by atoms with Gasteiger partial charge in [0.2, 0.25) is 0 Å². The van der Waals surface area contributed by atoms with Crippen LogP contribution >= 0.6 is 0 Å². The molecule has 3 rings (SSSR count). The first kappa shape index (κ1) is 11.5. The zero-order valence-electron chi connectivity index (χ0n) is 11.2. The highest BCUT2D eigenvalue weighted by Gasteiger charge is 2.17. The molecule has 94 valence electrons. The van der Waals surface area contributed by atoms with Crippen molar-refractivity contribution >= 4 is 0 Å². The Morgan fingerprint density at radius 1 is 1.33 bits per heavy atom. The molecule has 1 aliphatic rings. The Morgan fingerprint density at radius 3 is 3.00 bits per heavy atom. The van der Waals surface area contributed by atoms with E-state index in [1.54, 1.807) is 0 Å². The average Bonchev–Trinajstić information content (AvgIpc) is 2.73. The molecule has 2 aromatic rings. The van der Waals surface area contributed by atoms with Crippen molar-refractivity contribution in [3.05, 3.63) is 53.1 Å². The molecule has 1 atom stereocenters. The van der Waals surface area contributed by atoms with Crippen LogP contribution in [0.3, 0.4) is 0 Å². The summed E-state index contributed by atoms with van der Waals surface area (Å²) >= 11 is 0. The van der Waals surface area contributed by atoms with E-state index >= 15 is 0 Å². The van der Waals surface area contributed by atoms with E-state index in [0.717, 1.165) is 25.3 Å². The van der Waals surface area contributed by atoms with Gasteiger partial charge in [-0.25, -0.2) is 4.98 Å². The minimum atomic E-state index is 0.784. The van der Waals surface area contributed by atoms with Crippen LogP contribution in [0.5, 0.6) is 0 Å². The predicted molar refractivity (Wildman–Crippen MR) is 73.7 cm³/mol. The summed E-state index contributed by atoms with van der Waals surface area (Å²) in [6.45, 7) is 5.63. The van der Waals surface area contributed by atoms with E-state index in [-0.39, 0.29) is 0 Å². The number of rotatable bonds is 2. The minimum Gasteiger partial charge on any atom is -0.335 e. The summed E-state index contributed by atoms with van der Waals surface area (Å²) in [5, 5.41) is 0. The molecule has 0 aliphatic carbocycles. The number of hydrogen-bond acceptors (Lipinski definition) is 1. The van der Waals surface area contributed by atoms with Crippen LogP contribution < -0.4 is 0 Å². The lowest BCUT2D eigenvalue weighted by Gasteiger charge is -2.18. The van der Waals surface area contributed by atoms with Crippen LogP contribution in [0.1, 0.15) is 36.0 Å². The van der Waals surface area contributed by atoms with Crippen molar-refractivity contribution in [2.24, 2.45) is 5.92 Å². The van der Waals surface area contributed by atoms with Crippen molar-refractivity contribution < 1.29 is 0 Å². The maximum atomic E-state index is 4.80. The van der Waals surface area contributed by atoms with E-state index in [1.165, 1.54) is 29.1 Å². The van der Waals surface area contributed by atoms with Crippen molar-refractivity contribution in [2.45, 2.75) is 39.7 Å². The highest BCUT2D eigenvalue weighted by Crippen LogP contribution is 2.21. The fourth-order valence-electron chi connectivity index (χ4n) is 2.73. The Balaban J connectivity index is 1.84. The van der Waals surface area contributed by atoms with Gasteiger partial charge in [-0.1, -0.05) is 31.2 Å². The standard InChI is InChI=1S/C16H20N2/c1-12-7-8-18-11-15(17-16(18)9-12)10-14-6-4-3-5-13(14)2/h3-6,11-12H,7-10H2,1-2H3. The van der Waals surface area contributed by atoms with Gasteiger partial charge in [-0.15, -0.1) is 0 Å². The third kappa shape index (κ3) is 2.20. The lowest BCUT2D eigenvalue weighted by molar-refractivity contribution is 0.409. The van der Waals surface area contributed by atoms with E-state index in [9.17, 15) is 0 Å². The van der Waals surface area contributed by atoms with Crippen molar-refractivity contribution in [2.75, 3.05) is 0 Å². The van der Waals surface area contributed by atoms with Gasteiger partial charge in [0.25, 0.3) is 0 Å². The Morgan fingerprint density at radius 2 is 2.17 bits per heavy atom. The van der Waals surface area contributed by atoms with Crippen LogP contribution in [0, 0.1) is 12.8 Å². The molecular formula is C16H20N2. The highest BCUT2D eigenvalue weighted by atomic mass is 15.1. The number of aromatic nitrogens is 2. The quantitative estimate of drug-likeness (QED) is 0.787. The van der Waals surface area contributed by atoms with Crippen molar-refractivity contribution in [1.29, 1.82) is 0 Å². The smallest absolute Gasteiger partial charge is 0.109 e. The van der Waals surface area contributed by atoms with Gasteiger partial charge in [0.1, 0.15) is 5.82 Å². The van der Waals surface area contributed by atoms with Gasteiger partial charge in [0.05, 0.1) is 5.69 Å². The molecule has 0 bridgehead atoms. The summed E-state index contributed by atoms with van der Waals surface area (Å²) < 4.78 is 2.34. The molecule has 0 fully saturated rings. The predicted octanol–water partition coefficient (Wildman–Crippen LogP) is 3.36. The van der Waals surface area contributed by atoms with E-state index in [4.69, 9.17) is 4.98 Å². The third-order valence-electron chi connectivity index (χ3n) is 3.94. The maximum Gasteiger partial charge on any atom is 0.109 e. The van der Waals surface area contributed by atoms with Crippen molar-refractivity contribution in [1.82, 2.24) is 9.55 Å². The lowest BCUT2D eigenvalue weighted by atomic mass is 10.0. The molecule has 2 heteroatoms. The van der Waals surface area contributed by atoms with Gasteiger partial charge in [-0.3, -0.25) is 0 Å². The Hall–Kier alpha value is -1.57. The summed E-state index contributed by atoms with van der Waals surface area (Å²) in [7, 11) is 0. The van der Waals surface area contributed by atoms with E-state index in [0.29, 0.717) is 0 Å². The van der Waals surface area contributed by atoms with Gasteiger partial charge in [-0.2, -0.15) is 0 Å². The Kier molecular flexibility index (Phi) is 2.94. The fraction of sp³-hybridized carbons (Fsp3) is 0.438. The lowest BCUT2D eigenvalue weighted by Crippen LogP contribution is -2.16. The molecule has 1 aromatic heterocycles. The maximum absolute atomic E-state index is 4.80. The van der Waals surface area contributed by atoms with Crippen LogP contribution in [-0.2, 0) is 19.4 Å². The van der Waals surface area contributed by atoms with Gasteiger partial charge in [0, 0.05) is 25.6 Å². The molecule has 0 N–H and O–H groups in total. The number of imidazole rings is 1. The van der Waals surface area contributed by atoms with Gasteiger partial charge >= 0.3 is 0 Å². The van der Waals surface area contributed by atoms with Crippen LogP contribution in [-0.4, -0.2) is 9.55 Å². The molecule has 1 aliphatic heterocycles. The molecule has 0 amide bonds. The second-order valence-electron chi connectivity index (χ2n) is 5.54. The van der Waals surface area contributed by atoms with E-state index < -0.39 is 0 Å². The molecule has 1 aromatic carbocycles. The molecule has 1 unspecified atom stereocenters. The van der Waals surface area contributed by atoms with Crippen molar-refractivity contribution in [3.63, 3.8) is 0 Å². The fourth-order valence-corrected chi connectivity index (χ4v) is 2.73. The third-order valence-corrected chi connectivity index (χ3v) is 3.94. The van der Waals surface area contributed by atoms with E-state index in [2.05, 4.69) is 48.9 Å². The van der Waals surface area contributed by atoms with E-state index in [1.807, 2.05) is 0 Å². The topological polar surface area (TPSA) is 17.8 Å². The van der Waals surface area contributed by atoms with Crippen molar-refractivity contribution in [3.8, 4) is 0 Å². The first-order valence-electron chi connectivity index (χ1n) is 6.82. The average molecular weight is 240 g/mol. The number of aryl methyl sites for hydroxylation is 2. The molecule has 2 heterocycles. The summed E-state index contributed by atoms with van der Waals surface area (Å²) in [6.07, 6.45) is 5.62. The van der Waals surface area contributed by atoms with Gasteiger partial charge in [-0.05, 0) is 30.4 Å². The molecule has 0 radical (unpaired) electrons. The highest BCUT2D eigenvalue weighted by molar-refractivity contribution is 5.29. The first-order valence-corrected chi connectivity index (χ1v) is 6.82. The first-order chi connectivity index (χ1) is 8.72. The summed E-state index contributed by atoms with van der Waals surface area (Å²) in [5.74, 6) is 2.06. The SMILES string of the molecule is Cc1ccccc1Cc1cn2c(n1)CC(C)CC2. The summed E-state index contributed by atoms with van der Waals surface area (Å²) in [5.41, 5.74) is 3.96. The molecule has 18 heavy (non-hydrogen) atoms. The molecule has 2 nitrogen and oxygen atoms in total. The van der Waals surface area contributed by atoms with Crippen LogP contribution in [0.2, 0.25) is 0 Å². The van der Waals surface area contributed by atoms with Crippen LogP contribution in [0.15, 0.2) is 30.5 Å². The second kappa shape index (κ2) is 4.60. The zero-order chi connectivity index (χ0) is 12.5. The molecule has 0 spiro atoms. The van der Waals surface area contributed by atoms with Gasteiger partial charge < -0.3 is 4.57 Å². The monoisotopic (exact) mass is 240 g/mol. The van der Waals surface area contributed by atoms with Crippen LogP contribution in [0.25, 0.3) is 0 Å². The number of nitrogens with zero attached hydrogens (tertiary/aromatic N) is 2. The molecular weight excluding hydrogens is 220 g/mol. The second-order valence-corrected chi connectivity index (χ2v) is 5.54. The molecule has 0 saturated carbocycles.